The van der Waals surface area contributed by atoms with Gasteiger partial charge in [0.05, 0.1) is 32.7 Å². The zero-order valence-corrected chi connectivity index (χ0v) is 10.1. The lowest BCUT2D eigenvalue weighted by Gasteiger charge is -2.36. The van der Waals surface area contributed by atoms with E-state index in [1.165, 1.54) is 19.5 Å². The van der Waals surface area contributed by atoms with E-state index in [2.05, 4.69) is 47.1 Å². The summed E-state index contributed by atoms with van der Waals surface area (Å²) in [5.41, 5.74) is 0.541. The Morgan fingerprint density at radius 2 is 1.54 bits per heavy atom. The fourth-order valence-corrected chi connectivity index (χ4v) is 2.75. The molecule has 13 heavy (non-hydrogen) atoms. The summed E-state index contributed by atoms with van der Waals surface area (Å²) < 4.78 is 1.13. The van der Waals surface area contributed by atoms with Gasteiger partial charge >= 0.3 is 0 Å². The van der Waals surface area contributed by atoms with Crippen LogP contribution in [0.25, 0.3) is 0 Å². The maximum atomic E-state index is 3.73. The second-order valence-corrected chi connectivity index (χ2v) is 6.46. The normalized spacial score (nSPS) is 30.9. The molecule has 0 aromatic heterocycles. The molecule has 0 spiro atoms. The topological polar surface area (TPSA) is 12.0 Å². The van der Waals surface area contributed by atoms with Gasteiger partial charge in [-0.15, -0.1) is 0 Å². The van der Waals surface area contributed by atoms with Crippen molar-refractivity contribution in [1.29, 1.82) is 0 Å². The standard InChI is InChI=1S/C11H25N2/c1-10(2)7-8-13(5,6)9-11(3,4)12-10/h12H,7-9H2,1-6H3/q+1. The number of rotatable bonds is 0. The lowest BCUT2D eigenvalue weighted by Crippen LogP contribution is -2.56. The summed E-state index contributed by atoms with van der Waals surface area (Å²) in [5, 5.41) is 3.73. The molecular formula is C11H25N2+. The van der Waals surface area contributed by atoms with Crippen molar-refractivity contribution in [3.63, 3.8) is 0 Å². The van der Waals surface area contributed by atoms with Crippen LogP contribution in [0.2, 0.25) is 0 Å². The van der Waals surface area contributed by atoms with E-state index in [4.69, 9.17) is 0 Å². The van der Waals surface area contributed by atoms with Crippen LogP contribution in [-0.4, -0.2) is 42.7 Å². The Bertz CT molecular complexity index is 172. The highest BCUT2D eigenvalue weighted by Gasteiger charge is 2.38. The highest BCUT2D eigenvalue weighted by Crippen LogP contribution is 2.23. The van der Waals surface area contributed by atoms with E-state index in [1.54, 1.807) is 0 Å². The minimum Gasteiger partial charge on any atom is -0.327 e. The number of nitrogens with one attached hydrogen (secondary N) is 1. The fourth-order valence-electron chi connectivity index (χ4n) is 2.75. The molecule has 2 nitrogen and oxygen atoms in total. The number of quaternary nitrogens is 1. The molecule has 2 heteroatoms. The first kappa shape index (κ1) is 11.0. The van der Waals surface area contributed by atoms with Crippen LogP contribution in [0.4, 0.5) is 0 Å². The van der Waals surface area contributed by atoms with Gasteiger partial charge in [-0.3, -0.25) is 0 Å². The van der Waals surface area contributed by atoms with Crippen LogP contribution < -0.4 is 5.32 Å². The van der Waals surface area contributed by atoms with Crippen molar-refractivity contribution in [2.45, 2.75) is 45.2 Å². The molecule has 0 aliphatic carbocycles. The van der Waals surface area contributed by atoms with Crippen molar-refractivity contribution in [2.24, 2.45) is 0 Å². The van der Waals surface area contributed by atoms with Gasteiger partial charge in [0.25, 0.3) is 0 Å². The first-order valence-corrected chi connectivity index (χ1v) is 5.23. The third kappa shape index (κ3) is 3.28. The fraction of sp³-hybridized carbons (Fsp3) is 1.00. The van der Waals surface area contributed by atoms with Crippen LogP contribution in [0, 0.1) is 0 Å². The summed E-state index contributed by atoms with van der Waals surface area (Å²) in [6.45, 7) is 11.7. The van der Waals surface area contributed by atoms with Crippen LogP contribution in [0.15, 0.2) is 0 Å². The maximum absolute atomic E-state index is 3.73. The zero-order valence-electron chi connectivity index (χ0n) is 10.1. The molecule has 78 valence electrons. The smallest absolute Gasteiger partial charge is 0.0962 e. The highest BCUT2D eigenvalue weighted by atomic mass is 15.3. The van der Waals surface area contributed by atoms with Gasteiger partial charge in [0.1, 0.15) is 0 Å². The predicted molar refractivity (Wildman–Crippen MR) is 57.8 cm³/mol. The molecule has 1 aliphatic heterocycles. The Morgan fingerprint density at radius 1 is 1.00 bits per heavy atom. The van der Waals surface area contributed by atoms with Gasteiger partial charge in [0, 0.05) is 12.0 Å². The Morgan fingerprint density at radius 3 is 2.08 bits per heavy atom. The third-order valence-electron chi connectivity index (χ3n) is 2.84. The molecule has 0 aromatic rings. The maximum Gasteiger partial charge on any atom is 0.0962 e. The van der Waals surface area contributed by atoms with E-state index < -0.39 is 0 Å². The lowest BCUT2D eigenvalue weighted by atomic mass is 9.96. The van der Waals surface area contributed by atoms with Crippen LogP contribution in [0.5, 0.6) is 0 Å². The van der Waals surface area contributed by atoms with Gasteiger partial charge in [0.2, 0.25) is 0 Å². The Balaban J connectivity index is 2.82. The van der Waals surface area contributed by atoms with Gasteiger partial charge in [-0.05, 0) is 27.7 Å². The third-order valence-corrected chi connectivity index (χ3v) is 2.84. The molecule has 0 amide bonds. The van der Waals surface area contributed by atoms with Gasteiger partial charge in [-0.2, -0.15) is 0 Å². The molecule has 1 saturated heterocycles. The minimum atomic E-state index is 0.253. The average Bonchev–Trinajstić information content (AvgIpc) is 1.83. The van der Waals surface area contributed by atoms with Gasteiger partial charge < -0.3 is 9.80 Å². The highest BCUT2D eigenvalue weighted by molar-refractivity contribution is 4.90. The number of hydrogen-bond donors (Lipinski definition) is 1. The van der Waals surface area contributed by atoms with E-state index >= 15 is 0 Å². The molecule has 0 radical (unpaired) electrons. The molecule has 1 heterocycles. The summed E-state index contributed by atoms with van der Waals surface area (Å²) in [7, 11) is 4.65. The molecule has 0 bridgehead atoms. The Labute approximate surface area is 82.9 Å². The van der Waals surface area contributed by atoms with E-state index in [9.17, 15) is 0 Å². The van der Waals surface area contributed by atoms with E-state index in [0.29, 0.717) is 0 Å². The second-order valence-electron chi connectivity index (χ2n) is 6.46. The number of likely N-dealkylation sites (N-methyl/N-ethyl adjacent to an activating group) is 1. The van der Waals surface area contributed by atoms with Crippen molar-refractivity contribution >= 4 is 0 Å². The zero-order chi connectivity index (χ0) is 10.3. The van der Waals surface area contributed by atoms with Crippen molar-refractivity contribution in [3.8, 4) is 0 Å². The first-order valence-electron chi connectivity index (χ1n) is 5.23. The molecule has 1 fully saturated rings. The van der Waals surface area contributed by atoms with Crippen molar-refractivity contribution in [2.75, 3.05) is 27.2 Å². The van der Waals surface area contributed by atoms with Crippen molar-refractivity contribution in [1.82, 2.24) is 5.32 Å². The summed E-state index contributed by atoms with van der Waals surface area (Å²) in [5.74, 6) is 0. The van der Waals surface area contributed by atoms with Crippen LogP contribution in [-0.2, 0) is 0 Å². The number of hydrogen-bond acceptors (Lipinski definition) is 1. The Kier molecular flexibility index (Phi) is 2.50. The van der Waals surface area contributed by atoms with E-state index in [-0.39, 0.29) is 11.1 Å². The molecule has 0 saturated carbocycles. The van der Waals surface area contributed by atoms with Crippen LogP contribution in [0.1, 0.15) is 34.1 Å². The molecule has 0 atom stereocenters. The monoisotopic (exact) mass is 185 g/mol. The summed E-state index contributed by atoms with van der Waals surface area (Å²) >= 11 is 0. The van der Waals surface area contributed by atoms with Crippen molar-refractivity contribution in [3.05, 3.63) is 0 Å². The predicted octanol–water partition coefficient (Wildman–Crippen LogP) is 1.61. The first-order chi connectivity index (χ1) is 5.62. The molecular weight excluding hydrogens is 160 g/mol. The summed E-state index contributed by atoms with van der Waals surface area (Å²) in [6.07, 6.45) is 1.25. The Hall–Kier alpha value is -0.0800. The average molecular weight is 185 g/mol. The van der Waals surface area contributed by atoms with E-state index in [1.807, 2.05) is 0 Å². The molecule has 1 aliphatic rings. The largest absolute Gasteiger partial charge is 0.327 e. The quantitative estimate of drug-likeness (QED) is 0.565. The SMILES string of the molecule is CC1(C)CC[N+](C)(C)CC(C)(C)N1. The molecule has 0 unspecified atom stereocenters. The second kappa shape index (κ2) is 2.96. The van der Waals surface area contributed by atoms with Gasteiger partial charge in [-0.1, -0.05) is 0 Å². The summed E-state index contributed by atoms with van der Waals surface area (Å²) in [4.78, 5) is 0. The molecule has 1 N–H and O–H groups in total. The van der Waals surface area contributed by atoms with Crippen molar-refractivity contribution < 1.29 is 4.48 Å². The van der Waals surface area contributed by atoms with Crippen LogP contribution >= 0.6 is 0 Å². The van der Waals surface area contributed by atoms with Gasteiger partial charge in [0.15, 0.2) is 0 Å². The molecule has 0 aromatic carbocycles. The van der Waals surface area contributed by atoms with E-state index in [0.717, 1.165) is 4.48 Å². The molecule has 1 rings (SSSR count). The van der Waals surface area contributed by atoms with Crippen LogP contribution in [0.3, 0.4) is 0 Å². The minimum absolute atomic E-state index is 0.253. The number of nitrogens with zero attached hydrogens (tertiary/aromatic N) is 1. The summed E-state index contributed by atoms with van der Waals surface area (Å²) in [6, 6.07) is 0. The lowest BCUT2D eigenvalue weighted by molar-refractivity contribution is -0.892. The van der Waals surface area contributed by atoms with Gasteiger partial charge in [-0.25, -0.2) is 0 Å².